The summed E-state index contributed by atoms with van der Waals surface area (Å²) in [6.07, 6.45) is 0. The summed E-state index contributed by atoms with van der Waals surface area (Å²) in [5.74, 6) is -1.20. The Morgan fingerprint density at radius 2 is 1.89 bits per heavy atom. The fourth-order valence-corrected chi connectivity index (χ4v) is 4.44. The molecule has 0 bridgehead atoms. The number of sulfone groups is 1. The molecule has 3 aromatic rings. The summed E-state index contributed by atoms with van der Waals surface area (Å²) in [7, 11) is -3.60. The molecule has 0 saturated carbocycles. The van der Waals surface area contributed by atoms with Gasteiger partial charge in [-0.05, 0) is 36.4 Å². The van der Waals surface area contributed by atoms with Crippen LogP contribution in [0.4, 0.5) is 10.1 Å². The van der Waals surface area contributed by atoms with Crippen molar-refractivity contribution in [2.75, 3.05) is 11.1 Å². The topological polar surface area (TPSA) is 105 Å². The predicted octanol–water partition coefficient (Wildman–Crippen LogP) is 2.60. The molecular weight excluding hydrogens is 383 g/mol. The quantitative estimate of drug-likeness (QED) is 0.733. The second-order valence-electron chi connectivity index (χ2n) is 6.18. The molecule has 0 fully saturated rings. The largest absolute Gasteiger partial charge is 0.319 e. The van der Waals surface area contributed by atoms with Gasteiger partial charge in [0.1, 0.15) is 23.3 Å². The van der Waals surface area contributed by atoms with Gasteiger partial charge >= 0.3 is 0 Å². The molecule has 2 aromatic carbocycles. The summed E-state index contributed by atoms with van der Waals surface area (Å²) < 4.78 is 39.2. The number of halogens is 1. The van der Waals surface area contributed by atoms with Crippen LogP contribution in [0.3, 0.4) is 0 Å². The second kappa shape index (κ2) is 6.58. The summed E-state index contributed by atoms with van der Waals surface area (Å²) in [4.78, 5) is 17.2. The zero-order valence-electron chi connectivity index (χ0n) is 14.4. The Kier molecular flexibility index (Phi) is 4.20. The van der Waals surface area contributed by atoms with Gasteiger partial charge in [0.25, 0.3) is 5.91 Å². The van der Waals surface area contributed by atoms with Crippen molar-refractivity contribution in [2.24, 2.45) is 0 Å². The molecule has 4 rings (SSSR count). The van der Waals surface area contributed by atoms with E-state index in [0.29, 0.717) is 11.3 Å². The van der Waals surface area contributed by atoms with Crippen LogP contribution in [0.25, 0.3) is 11.3 Å². The van der Waals surface area contributed by atoms with Crippen LogP contribution in [0.2, 0.25) is 0 Å². The molecule has 1 aliphatic heterocycles. The minimum Gasteiger partial charge on any atom is -0.319 e. The molecule has 0 atom stereocenters. The van der Waals surface area contributed by atoms with Crippen LogP contribution in [0.1, 0.15) is 16.1 Å². The maximum atomic E-state index is 13.3. The number of imidazole rings is 1. The Bertz CT molecular complexity index is 1240. The van der Waals surface area contributed by atoms with Gasteiger partial charge in [-0.25, -0.2) is 17.8 Å². The van der Waals surface area contributed by atoms with Crippen LogP contribution in [0.15, 0.2) is 53.7 Å². The summed E-state index contributed by atoms with van der Waals surface area (Å²) in [5.41, 5.74) is 1.18. The monoisotopic (exact) mass is 396 g/mol. The van der Waals surface area contributed by atoms with E-state index < -0.39 is 21.6 Å². The summed E-state index contributed by atoms with van der Waals surface area (Å²) in [6, 6.07) is 13.7. The summed E-state index contributed by atoms with van der Waals surface area (Å²) in [5, 5.41) is 11.7. The minimum absolute atomic E-state index is 0.0513. The molecule has 140 valence electrons. The number of hydrogen-bond acceptors (Lipinski definition) is 5. The lowest BCUT2D eigenvalue weighted by Gasteiger charge is -2.10. The smallest absolute Gasteiger partial charge is 0.274 e. The highest BCUT2D eigenvalue weighted by Gasteiger charge is 2.35. The number of nitrogens with one attached hydrogen (secondary N) is 1. The van der Waals surface area contributed by atoms with E-state index in [2.05, 4.69) is 10.3 Å². The van der Waals surface area contributed by atoms with Crippen molar-refractivity contribution in [3.63, 3.8) is 0 Å². The van der Waals surface area contributed by atoms with E-state index in [-0.39, 0.29) is 34.4 Å². The Morgan fingerprint density at radius 1 is 1.18 bits per heavy atom. The standard InChI is InChI=1S/C19H13FN4O3S/c20-14-7-5-12(6-8-14)16-17(24-9-10-28(26,27)19(24)23-16)18(25)22-15-4-2-1-3-13(15)11-21/h1-8H,9-10H2,(H,22,25). The van der Waals surface area contributed by atoms with Gasteiger partial charge < -0.3 is 9.88 Å². The lowest BCUT2D eigenvalue weighted by Crippen LogP contribution is -2.18. The highest BCUT2D eigenvalue weighted by Crippen LogP contribution is 2.31. The lowest BCUT2D eigenvalue weighted by atomic mass is 10.1. The average Bonchev–Trinajstić information content (AvgIpc) is 3.20. The number of rotatable bonds is 3. The molecule has 1 N–H and O–H groups in total. The molecule has 0 spiro atoms. The number of carbonyl (C=O) groups excluding carboxylic acids is 1. The van der Waals surface area contributed by atoms with Gasteiger partial charge in [0.15, 0.2) is 0 Å². The first-order valence-corrected chi connectivity index (χ1v) is 9.95. The lowest BCUT2D eigenvalue weighted by molar-refractivity contribution is 0.101. The molecule has 0 aliphatic carbocycles. The number of fused-ring (bicyclic) bond motifs is 1. The van der Waals surface area contributed by atoms with E-state index in [1.54, 1.807) is 24.3 Å². The van der Waals surface area contributed by atoms with Crippen molar-refractivity contribution in [1.82, 2.24) is 9.55 Å². The van der Waals surface area contributed by atoms with Gasteiger partial charge in [0.2, 0.25) is 15.0 Å². The van der Waals surface area contributed by atoms with Crippen LogP contribution in [-0.2, 0) is 16.4 Å². The van der Waals surface area contributed by atoms with E-state index in [4.69, 9.17) is 0 Å². The zero-order valence-corrected chi connectivity index (χ0v) is 15.2. The minimum atomic E-state index is -3.60. The highest BCUT2D eigenvalue weighted by molar-refractivity contribution is 7.91. The van der Waals surface area contributed by atoms with Crippen molar-refractivity contribution < 1.29 is 17.6 Å². The van der Waals surface area contributed by atoms with Crippen molar-refractivity contribution >= 4 is 21.4 Å². The number of anilines is 1. The third kappa shape index (κ3) is 2.93. The van der Waals surface area contributed by atoms with Gasteiger partial charge in [-0.3, -0.25) is 4.79 Å². The number of benzene rings is 2. The van der Waals surface area contributed by atoms with E-state index in [9.17, 15) is 22.9 Å². The molecule has 0 unspecified atom stereocenters. The van der Waals surface area contributed by atoms with E-state index >= 15 is 0 Å². The number of hydrogen-bond donors (Lipinski definition) is 1. The predicted molar refractivity (Wildman–Crippen MR) is 98.8 cm³/mol. The van der Waals surface area contributed by atoms with Gasteiger partial charge in [-0.2, -0.15) is 5.26 Å². The van der Waals surface area contributed by atoms with E-state index in [1.165, 1.54) is 28.8 Å². The fraction of sp³-hybridized carbons (Fsp3) is 0.105. The Balaban J connectivity index is 1.85. The van der Waals surface area contributed by atoms with Gasteiger partial charge in [-0.1, -0.05) is 12.1 Å². The second-order valence-corrected chi connectivity index (χ2v) is 8.18. The van der Waals surface area contributed by atoms with Gasteiger partial charge in [-0.15, -0.1) is 0 Å². The first kappa shape index (κ1) is 17.9. The van der Waals surface area contributed by atoms with Crippen molar-refractivity contribution in [1.29, 1.82) is 5.26 Å². The highest BCUT2D eigenvalue weighted by atomic mass is 32.2. The number of para-hydroxylation sites is 1. The van der Waals surface area contributed by atoms with Gasteiger partial charge in [0, 0.05) is 12.1 Å². The number of amides is 1. The molecule has 2 heterocycles. The van der Waals surface area contributed by atoms with Crippen molar-refractivity contribution in [3.8, 4) is 17.3 Å². The number of nitriles is 1. The number of carbonyl (C=O) groups is 1. The number of nitrogens with zero attached hydrogens (tertiary/aromatic N) is 3. The number of aromatic nitrogens is 2. The Morgan fingerprint density at radius 3 is 2.61 bits per heavy atom. The third-order valence-corrected chi connectivity index (χ3v) is 6.01. The van der Waals surface area contributed by atoms with Crippen molar-refractivity contribution in [2.45, 2.75) is 11.7 Å². The molecule has 7 nitrogen and oxygen atoms in total. The zero-order chi connectivity index (χ0) is 19.9. The van der Waals surface area contributed by atoms with Crippen LogP contribution in [0.5, 0.6) is 0 Å². The van der Waals surface area contributed by atoms with Crippen LogP contribution >= 0.6 is 0 Å². The molecular formula is C19H13FN4O3S. The van der Waals surface area contributed by atoms with Crippen LogP contribution in [-0.4, -0.2) is 29.6 Å². The Labute approximate surface area is 160 Å². The maximum Gasteiger partial charge on any atom is 0.274 e. The van der Waals surface area contributed by atoms with Crippen molar-refractivity contribution in [3.05, 3.63) is 65.6 Å². The summed E-state index contributed by atoms with van der Waals surface area (Å²) >= 11 is 0. The van der Waals surface area contributed by atoms with Gasteiger partial charge in [0.05, 0.1) is 17.0 Å². The maximum absolute atomic E-state index is 13.3. The molecule has 1 aliphatic rings. The van der Waals surface area contributed by atoms with Crippen LogP contribution < -0.4 is 5.32 Å². The molecule has 28 heavy (non-hydrogen) atoms. The summed E-state index contributed by atoms with van der Waals surface area (Å²) in [6.45, 7) is 0.0918. The molecule has 0 saturated heterocycles. The molecule has 9 heteroatoms. The molecule has 0 radical (unpaired) electrons. The SMILES string of the molecule is N#Cc1ccccc1NC(=O)c1c(-c2ccc(F)cc2)nc2n1CCS2(=O)=O. The first-order valence-electron chi connectivity index (χ1n) is 8.30. The van der Waals surface area contributed by atoms with E-state index in [1.807, 2.05) is 6.07 Å². The van der Waals surface area contributed by atoms with E-state index in [0.717, 1.165) is 0 Å². The third-order valence-electron chi connectivity index (χ3n) is 4.42. The first-order chi connectivity index (χ1) is 13.4. The average molecular weight is 396 g/mol. The fourth-order valence-electron chi connectivity index (χ4n) is 3.09. The Hall–Kier alpha value is -3.51. The molecule has 1 amide bonds. The molecule has 1 aromatic heterocycles. The van der Waals surface area contributed by atoms with Crippen LogP contribution in [0, 0.1) is 17.1 Å². The normalized spacial score (nSPS) is 14.3.